The number of aryl methyl sites for hydroxylation is 1. The molecule has 0 bridgehead atoms. The van der Waals surface area contributed by atoms with E-state index in [-0.39, 0.29) is 6.03 Å². The third-order valence-electron chi connectivity index (χ3n) is 5.45. The van der Waals surface area contributed by atoms with E-state index in [0.717, 1.165) is 33.6 Å². The Morgan fingerprint density at radius 3 is 2.58 bits per heavy atom. The third kappa shape index (κ3) is 4.14. The van der Waals surface area contributed by atoms with E-state index in [1.807, 2.05) is 80.6 Å². The number of hydrogen-bond donors (Lipinski definition) is 2. The summed E-state index contributed by atoms with van der Waals surface area (Å²) < 4.78 is 1.69. The number of pyridine rings is 1. The maximum Gasteiger partial charge on any atom is 0.323 e. The summed E-state index contributed by atoms with van der Waals surface area (Å²) in [4.78, 5) is 16.7. The molecule has 0 fully saturated rings. The molecule has 0 unspecified atom stereocenters. The van der Waals surface area contributed by atoms with Gasteiger partial charge in [-0.15, -0.1) is 10.2 Å². The van der Waals surface area contributed by atoms with E-state index in [9.17, 15) is 4.79 Å². The Labute approximate surface area is 190 Å². The lowest BCUT2D eigenvalue weighted by Gasteiger charge is -2.12. The number of benzene rings is 2. The zero-order valence-corrected chi connectivity index (χ0v) is 18.1. The minimum absolute atomic E-state index is 0.304. The standard InChI is InChI=1S/C25H21N7O/c1-16-6-3-10-21(17(16)2)28-25(33)27-20-9-4-7-18(14-20)22-11-12-23-29-30-24(32(23)31-22)19-8-5-13-26-15-19/h3-15H,1-2H3,(H2,27,28,33). The van der Waals surface area contributed by atoms with Gasteiger partial charge in [0.2, 0.25) is 0 Å². The maximum atomic E-state index is 12.6. The van der Waals surface area contributed by atoms with Crippen LogP contribution in [0.25, 0.3) is 28.3 Å². The van der Waals surface area contributed by atoms with Crippen molar-refractivity contribution < 1.29 is 4.79 Å². The van der Waals surface area contributed by atoms with Crippen LogP contribution < -0.4 is 10.6 Å². The van der Waals surface area contributed by atoms with Gasteiger partial charge in [-0.1, -0.05) is 24.3 Å². The molecule has 2 aromatic carbocycles. The van der Waals surface area contributed by atoms with Crippen LogP contribution in [-0.2, 0) is 0 Å². The highest BCUT2D eigenvalue weighted by Crippen LogP contribution is 2.24. The molecule has 2 N–H and O–H groups in total. The molecule has 0 saturated carbocycles. The monoisotopic (exact) mass is 435 g/mol. The summed E-state index contributed by atoms with van der Waals surface area (Å²) in [5.41, 5.74) is 6.65. The summed E-state index contributed by atoms with van der Waals surface area (Å²) >= 11 is 0. The zero-order valence-electron chi connectivity index (χ0n) is 18.1. The fourth-order valence-corrected chi connectivity index (χ4v) is 3.55. The Kier molecular flexibility index (Phi) is 5.24. The highest BCUT2D eigenvalue weighted by molar-refractivity contribution is 6.00. The zero-order chi connectivity index (χ0) is 22.8. The maximum absolute atomic E-state index is 12.6. The number of fused-ring (bicyclic) bond motifs is 1. The molecule has 0 radical (unpaired) electrons. The summed E-state index contributed by atoms with van der Waals surface area (Å²) in [5.74, 6) is 0.613. The number of nitrogens with zero attached hydrogens (tertiary/aromatic N) is 5. The van der Waals surface area contributed by atoms with Gasteiger partial charge in [-0.2, -0.15) is 9.61 Å². The number of carbonyl (C=O) groups is 1. The lowest BCUT2D eigenvalue weighted by Crippen LogP contribution is -2.20. The molecule has 162 valence electrons. The largest absolute Gasteiger partial charge is 0.323 e. The average Bonchev–Trinajstić information content (AvgIpc) is 3.26. The first-order chi connectivity index (χ1) is 16.1. The van der Waals surface area contributed by atoms with E-state index in [2.05, 4.69) is 25.8 Å². The van der Waals surface area contributed by atoms with Crippen LogP contribution in [0, 0.1) is 13.8 Å². The van der Waals surface area contributed by atoms with Crippen molar-refractivity contribution in [1.82, 2.24) is 24.8 Å². The molecule has 2 amide bonds. The van der Waals surface area contributed by atoms with E-state index in [1.54, 1.807) is 16.9 Å². The van der Waals surface area contributed by atoms with Gasteiger partial charge in [0.05, 0.1) is 5.69 Å². The van der Waals surface area contributed by atoms with Gasteiger partial charge in [0.1, 0.15) is 0 Å². The SMILES string of the molecule is Cc1cccc(NC(=O)Nc2cccc(-c3ccc4nnc(-c5cccnc5)n4n3)c2)c1C. The Balaban J connectivity index is 1.41. The highest BCUT2D eigenvalue weighted by atomic mass is 16.2. The Morgan fingerprint density at radius 1 is 0.879 bits per heavy atom. The van der Waals surface area contributed by atoms with E-state index >= 15 is 0 Å². The number of urea groups is 1. The van der Waals surface area contributed by atoms with Gasteiger partial charge in [0, 0.05) is 34.9 Å². The first-order valence-electron chi connectivity index (χ1n) is 10.5. The average molecular weight is 435 g/mol. The van der Waals surface area contributed by atoms with Crippen molar-refractivity contribution in [2.75, 3.05) is 10.6 Å². The van der Waals surface area contributed by atoms with Crippen molar-refractivity contribution >= 4 is 23.1 Å². The van der Waals surface area contributed by atoms with Gasteiger partial charge in [0.25, 0.3) is 0 Å². The molecule has 0 atom stereocenters. The molecule has 0 aliphatic rings. The summed E-state index contributed by atoms with van der Waals surface area (Å²) in [6.45, 7) is 4.00. The molecular formula is C25H21N7O. The van der Waals surface area contributed by atoms with Crippen LogP contribution in [-0.4, -0.2) is 30.8 Å². The fraction of sp³-hybridized carbons (Fsp3) is 0.0800. The summed E-state index contributed by atoms with van der Waals surface area (Å²) in [7, 11) is 0. The van der Waals surface area contributed by atoms with Crippen LogP contribution >= 0.6 is 0 Å². The summed E-state index contributed by atoms with van der Waals surface area (Å²) in [6.07, 6.45) is 3.43. The smallest absolute Gasteiger partial charge is 0.308 e. The molecule has 0 aliphatic carbocycles. The molecule has 8 heteroatoms. The van der Waals surface area contributed by atoms with Crippen LogP contribution in [0.4, 0.5) is 16.2 Å². The number of rotatable bonds is 4. The molecular weight excluding hydrogens is 414 g/mol. The molecule has 0 saturated heterocycles. The van der Waals surface area contributed by atoms with E-state index in [0.29, 0.717) is 17.2 Å². The normalized spacial score (nSPS) is 10.8. The minimum atomic E-state index is -0.304. The molecule has 3 aromatic heterocycles. The number of nitrogens with one attached hydrogen (secondary N) is 2. The quantitative estimate of drug-likeness (QED) is 0.409. The second-order valence-electron chi connectivity index (χ2n) is 7.66. The second kappa shape index (κ2) is 8.51. The van der Waals surface area contributed by atoms with Crippen molar-refractivity contribution in [3.63, 3.8) is 0 Å². The first kappa shape index (κ1) is 20.3. The molecule has 33 heavy (non-hydrogen) atoms. The van der Waals surface area contributed by atoms with Gasteiger partial charge in [-0.25, -0.2) is 4.79 Å². The van der Waals surface area contributed by atoms with E-state index < -0.39 is 0 Å². The number of anilines is 2. The van der Waals surface area contributed by atoms with E-state index in [4.69, 9.17) is 5.10 Å². The topological polar surface area (TPSA) is 97.1 Å². The predicted molar refractivity (Wildman–Crippen MR) is 128 cm³/mol. The van der Waals surface area contributed by atoms with Gasteiger partial charge >= 0.3 is 6.03 Å². The van der Waals surface area contributed by atoms with Gasteiger partial charge in [0.15, 0.2) is 11.5 Å². The number of hydrogen-bond acceptors (Lipinski definition) is 5. The van der Waals surface area contributed by atoms with E-state index in [1.165, 1.54) is 0 Å². The van der Waals surface area contributed by atoms with Crippen LogP contribution in [0.2, 0.25) is 0 Å². The Bertz CT molecular complexity index is 1460. The Hall–Kier alpha value is -4.59. The lowest BCUT2D eigenvalue weighted by molar-refractivity contribution is 0.262. The van der Waals surface area contributed by atoms with Crippen molar-refractivity contribution in [2.24, 2.45) is 0 Å². The van der Waals surface area contributed by atoms with Gasteiger partial charge in [-0.3, -0.25) is 4.98 Å². The first-order valence-corrected chi connectivity index (χ1v) is 10.5. The second-order valence-corrected chi connectivity index (χ2v) is 7.66. The lowest BCUT2D eigenvalue weighted by atomic mass is 10.1. The Morgan fingerprint density at radius 2 is 1.73 bits per heavy atom. The van der Waals surface area contributed by atoms with Gasteiger partial charge in [-0.05, 0) is 67.4 Å². The molecule has 5 rings (SSSR count). The molecule has 0 spiro atoms. The predicted octanol–water partition coefficient (Wildman–Crippen LogP) is 5.11. The van der Waals surface area contributed by atoms with Crippen LogP contribution in [0.5, 0.6) is 0 Å². The van der Waals surface area contributed by atoms with Crippen molar-refractivity contribution in [1.29, 1.82) is 0 Å². The molecule has 8 nitrogen and oxygen atoms in total. The van der Waals surface area contributed by atoms with Gasteiger partial charge < -0.3 is 10.6 Å². The van der Waals surface area contributed by atoms with Crippen LogP contribution in [0.1, 0.15) is 11.1 Å². The number of aromatic nitrogens is 5. The summed E-state index contributed by atoms with van der Waals surface area (Å²) in [5, 5.41) is 19.0. The number of carbonyl (C=O) groups excluding carboxylic acids is 1. The van der Waals surface area contributed by atoms with Crippen molar-refractivity contribution in [3.8, 4) is 22.6 Å². The number of amides is 2. The van der Waals surface area contributed by atoms with Crippen LogP contribution in [0.15, 0.2) is 79.1 Å². The molecule has 0 aliphatic heterocycles. The third-order valence-corrected chi connectivity index (χ3v) is 5.45. The highest BCUT2D eigenvalue weighted by Gasteiger charge is 2.12. The van der Waals surface area contributed by atoms with Crippen LogP contribution in [0.3, 0.4) is 0 Å². The van der Waals surface area contributed by atoms with Crippen molar-refractivity contribution in [3.05, 3.63) is 90.3 Å². The fourth-order valence-electron chi connectivity index (χ4n) is 3.55. The minimum Gasteiger partial charge on any atom is -0.308 e. The summed E-state index contributed by atoms with van der Waals surface area (Å²) in [6, 6.07) is 20.6. The van der Waals surface area contributed by atoms with Crippen molar-refractivity contribution in [2.45, 2.75) is 13.8 Å². The molecule has 3 heterocycles. The molecule has 5 aromatic rings.